The third-order valence-electron chi connectivity index (χ3n) is 5.58. The number of aliphatic hydroxyl groups is 1. The van der Waals surface area contributed by atoms with Gasteiger partial charge >= 0.3 is 0 Å². The number of rotatable bonds is 2. The van der Waals surface area contributed by atoms with Crippen LogP contribution in [-0.4, -0.2) is 17.3 Å². The largest absolute Gasteiger partial charge is 0.493 e. The van der Waals surface area contributed by atoms with E-state index in [1.165, 1.54) is 0 Å². The van der Waals surface area contributed by atoms with Crippen LogP contribution in [-0.2, 0) is 5.41 Å². The molecule has 1 fully saturated rings. The standard InChI is InChI=1S/C18H23NO2/c1-2-14-7-9-18(20,10-8-14)17(13-19)11-12-21-16-6-4-3-5-15(16)17/h3-6,14,20H,2,7-12H2,1H3. The summed E-state index contributed by atoms with van der Waals surface area (Å²) in [5.41, 5.74) is -0.871. The van der Waals surface area contributed by atoms with Crippen LogP contribution in [0.1, 0.15) is 51.0 Å². The van der Waals surface area contributed by atoms with Gasteiger partial charge in [0.15, 0.2) is 0 Å². The highest BCUT2D eigenvalue weighted by molar-refractivity contribution is 5.48. The second-order valence-electron chi connectivity index (χ2n) is 6.49. The molecule has 1 aliphatic heterocycles. The van der Waals surface area contributed by atoms with Crippen molar-refractivity contribution in [2.45, 2.75) is 56.5 Å². The van der Waals surface area contributed by atoms with Gasteiger partial charge in [-0.15, -0.1) is 0 Å². The highest BCUT2D eigenvalue weighted by Crippen LogP contribution is 2.51. The first-order valence-corrected chi connectivity index (χ1v) is 8.01. The summed E-state index contributed by atoms with van der Waals surface area (Å²) in [5.74, 6) is 1.45. The van der Waals surface area contributed by atoms with Crippen molar-refractivity contribution in [1.82, 2.24) is 0 Å². The van der Waals surface area contributed by atoms with E-state index >= 15 is 0 Å². The maximum atomic E-state index is 11.3. The van der Waals surface area contributed by atoms with Crippen molar-refractivity contribution < 1.29 is 9.84 Å². The lowest BCUT2D eigenvalue weighted by Crippen LogP contribution is -2.55. The fourth-order valence-electron chi connectivity index (χ4n) is 4.09. The molecule has 3 rings (SSSR count). The van der Waals surface area contributed by atoms with Crippen LogP contribution in [0.15, 0.2) is 24.3 Å². The van der Waals surface area contributed by atoms with Crippen molar-refractivity contribution >= 4 is 0 Å². The van der Waals surface area contributed by atoms with Crippen molar-refractivity contribution in [2.75, 3.05) is 6.61 Å². The van der Waals surface area contributed by atoms with E-state index in [0.717, 1.165) is 30.6 Å². The predicted molar refractivity (Wildman–Crippen MR) is 81.0 cm³/mol. The molecule has 3 heteroatoms. The minimum atomic E-state index is -0.923. The van der Waals surface area contributed by atoms with E-state index in [0.29, 0.717) is 31.8 Å². The molecule has 1 aromatic rings. The molecular weight excluding hydrogens is 262 g/mol. The summed E-state index contributed by atoms with van der Waals surface area (Å²) in [6.07, 6.45) is 5.20. The fraction of sp³-hybridized carbons (Fsp3) is 0.611. The molecule has 0 aromatic heterocycles. The number of hydrogen-bond acceptors (Lipinski definition) is 3. The maximum Gasteiger partial charge on any atom is 0.124 e. The lowest BCUT2D eigenvalue weighted by atomic mass is 9.59. The molecule has 1 saturated carbocycles. The van der Waals surface area contributed by atoms with Crippen molar-refractivity contribution in [3.63, 3.8) is 0 Å². The van der Waals surface area contributed by atoms with Gasteiger partial charge in [-0.2, -0.15) is 5.26 Å². The first kappa shape index (κ1) is 14.4. The number of hydrogen-bond donors (Lipinski definition) is 1. The van der Waals surface area contributed by atoms with E-state index < -0.39 is 11.0 Å². The number of fused-ring (bicyclic) bond motifs is 1. The van der Waals surface area contributed by atoms with Crippen molar-refractivity contribution in [2.24, 2.45) is 5.92 Å². The molecule has 1 atom stereocenters. The Bertz CT molecular complexity index is 555. The van der Waals surface area contributed by atoms with Gasteiger partial charge in [0.2, 0.25) is 0 Å². The summed E-state index contributed by atoms with van der Waals surface area (Å²) in [5, 5.41) is 21.3. The third-order valence-corrected chi connectivity index (χ3v) is 5.58. The van der Waals surface area contributed by atoms with Crippen LogP contribution < -0.4 is 4.74 Å². The Hall–Kier alpha value is -1.53. The van der Waals surface area contributed by atoms with Gasteiger partial charge in [-0.05, 0) is 37.7 Å². The van der Waals surface area contributed by atoms with Crippen LogP contribution in [0.2, 0.25) is 0 Å². The van der Waals surface area contributed by atoms with Gasteiger partial charge < -0.3 is 9.84 Å². The second kappa shape index (κ2) is 5.35. The van der Waals surface area contributed by atoms with Crippen LogP contribution in [0.5, 0.6) is 5.75 Å². The first-order valence-electron chi connectivity index (χ1n) is 8.01. The zero-order valence-electron chi connectivity index (χ0n) is 12.6. The van der Waals surface area contributed by atoms with Gasteiger partial charge in [0.1, 0.15) is 11.2 Å². The van der Waals surface area contributed by atoms with Gasteiger partial charge in [-0.1, -0.05) is 31.5 Å². The summed E-state index contributed by atoms with van der Waals surface area (Å²) in [6, 6.07) is 10.2. The zero-order chi connectivity index (χ0) is 14.9. The Morgan fingerprint density at radius 3 is 2.67 bits per heavy atom. The SMILES string of the molecule is CCC1CCC(O)(C2(C#N)CCOc3ccccc32)CC1. The number of nitriles is 1. The van der Waals surface area contributed by atoms with E-state index in [1.807, 2.05) is 24.3 Å². The normalized spacial score (nSPS) is 35.4. The number of benzene rings is 1. The van der Waals surface area contributed by atoms with E-state index in [4.69, 9.17) is 4.74 Å². The van der Waals surface area contributed by atoms with E-state index in [-0.39, 0.29) is 0 Å². The minimum Gasteiger partial charge on any atom is -0.493 e. The van der Waals surface area contributed by atoms with Crippen molar-refractivity contribution in [3.8, 4) is 11.8 Å². The van der Waals surface area contributed by atoms with E-state index in [9.17, 15) is 10.4 Å². The molecule has 0 radical (unpaired) electrons. The molecule has 0 saturated heterocycles. The van der Waals surface area contributed by atoms with Gasteiger partial charge in [-0.3, -0.25) is 0 Å². The molecule has 1 unspecified atom stereocenters. The summed E-state index contributed by atoms with van der Waals surface area (Å²) in [6.45, 7) is 2.71. The third kappa shape index (κ3) is 2.13. The Morgan fingerprint density at radius 2 is 2.00 bits per heavy atom. The Labute approximate surface area is 126 Å². The summed E-state index contributed by atoms with van der Waals surface area (Å²) < 4.78 is 5.70. The smallest absolute Gasteiger partial charge is 0.124 e. The Balaban J connectivity index is 2.01. The van der Waals surface area contributed by atoms with Gasteiger partial charge in [-0.25, -0.2) is 0 Å². The summed E-state index contributed by atoms with van der Waals surface area (Å²) >= 11 is 0. The lowest BCUT2D eigenvalue weighted by molar-refractivity contribution is -0.0693. The van der Waals surface area contributed by atoms with Crippen LogP contribution in [0.3, 0.4) is 0 Å². The zero-order valence-corrected chi connectivity index (χ0v) is 12.6. The molecule has 0 bridgehead atoms. The summed E-state index contributed by atoms with van der Waals surface area (Å²) in [4.78, 5) is 0. The molecule has 0 spiro atoms. The molecular formula is C18H23NO2. The molecule has 2 aliphatic rings. The molecule has 3 nitrogen and oxygen atoms in total. The quantitative estimate of drug-likeness (QED) is 0.904. The minimum absolute atomic E-state index is 0.504. The highest BCUT2D eigenvalue weighted by Gasteiger charge is 2.55. The summed E-state index contributed by atoms with van der Waals surface area (Å²) in [7, 11) is 0. The maximum absolute atomic E-state index is 11.3. The second-order valence-corrected chi connectivity index (χ2v) is 6.49. The van der Waals surface area contributed by atoms with Crippen molar-refractivity contribution in [3.05, 3.63) is 29.8 Å². The van der Waals surface area contributed by atoms with Crippen LogP contribution in [0, 0.1) is 17.2 Å². The molecule has 1 aromatic carbocycles. The number of ether oxygens (including phenoxy) is 1. The predicted octanol–water partition coefficient (Wildman–Crippen LogP) is 3.56. The highest BCUT2D eigenvalue weighted by atomic mass is 16.5. The Morgan fingerprint density at radius 1 is 1.29 bits per heavy atom. The van der Waals surface area contributed by atoms with Gasteiger partial charge in [0.25, 0.3) is 0 Å². The average molecular weight is 285 g/mol. The topological polar surface area (TPSA) is 53.2 Å². The van der Waals surface area contributed by atoms with Gasteiger partial charge in [0, 0.05) is 12.0 Å². The molecule has 1 aliphatic carbocycles. The molecule has 21 heavy (non-hydrogen) atoms. The van der Waals surface area contributed by atoms with E-state index in [1.54, 1.807) is 0 Å². The number of nitrogens with zero attached hydrogens (tertiary/aromatic N) is 1. The Kier molecular flexibility index (Phi) is 3.67. The molecule has 1 N–H and O–H groups in total. The molecule has 1 heterocycles. The fourth-order valence-corrected chi connectivity index (χ4v) is 4.09. The van der Waals surface area contributed by atoms with Crippen molar-refractivity contribution in [1.29, 1.82) is 5.26 Å². The first-order chi connectivity index (χ1) is 10.1. The molecule has 112 valence electrons. The van der Waals surface area contributed by atoms with Crippen LogP contribution in [0.25, 0.3) is 0 Å². The van der Waals surface area contributed by atoms with E-state index in [2.05, 4.69) is 13.0 Å². The lowest BCUT2D eigenvalue weighted by Gasteiger charge is -2.48. The average Bonchev–Trinajstić information content (AvgIpc) is 2.55. The van der Waals surface area contributed by atoms with Crippen LogP contribution in [0.4, 0.5) is 0 Å². The monoisotopic (exact) mass is 285 g/mol. The van der Waals surface area contributed by atoms with Crippen LogP contribution >= 0.6 is 0 Å². The van der Waals surface area contributed by atoms with Gasteiger partial charge in [0.05, 0.1) is 18.3 Å². The number of para-hydroxylation sites is 1. The molecule has 0 amide bonds.